The molecule has 5 aromatic rings. The number of aromatic amines is 2. The van der Waals surface area contributed by atoms with Gasteiger partial charge in [0.15, 0.2) is 5.78 Å². The summed E-state index contributed by atoms with van der Waals surface area (Å²) in [6, 6.07) is 13.3. The summed E-state index contributed by atoms with van der Waals surface area (Å²) in [5.74, 6) is 1.35. The summed E-state index contributed by atoms with van der Waals surface area (Å²) in [5.41, 5.74) is 1.99. The minimum Gasteiger partial charge on any atom is -0.348 e. The van der Waals surface area contributed by atoms with Gasteiger partial charge in [0.1, 0.15) is 17.0 Å². The van der Waals surface area contributed by atoms with Crippen molar-refractivity contribution >= 4 is 51.2 Å². The summed E-state index contributed by atoms with van der Waals surface area (Å²) in [7, 11) is 0. The average molecular weight is 485 g/mol. The number of ketones is 1. The largest absolute Gasteiger partial charge is 0.348 e. The number of pyridine rings is 1. The maximum absolute atomic E-state index is 13.2. The molecule has 0 radical (unpaired) electrons. The third kappa shape index (κ3) is 5.09. The molecule has 0 bridgehead atoms. The second-order valence-electron chi connectivity index (χ2n) is 8.16. The number of aromatic nitrogens is 5. The van der Waals surface area contributed by atoms with Gasteiger partial charge in [-0.05, 0) is 35.8 Å². The van der Waals surface area contributed by atoms with Crippen molar-refractivity contribution in [1.29, 1.82) is 0 Å². The van der Waals surface area contributed by atoms with Gasteiger partial charge in [-0.1, -0.05) is 37.6 Å². The molecule has 8 nitrogen and oxygen atoms in total. The number of carbonyl (C=O) groups is 2. The highest BCUT2D eigenvalue weighted by molar-refractivity contribution is 7.99. The molecule has 0 aliphatic carbocycles. The van der Waals surface area contributed by atoms with Gasteiger partial charge < -0.3 is 9.97 Å². The molecule has 9 heteroatoms. The minimum absolute atomic E-state index is 0.0940. The number of fused-ring (bicyclic) bond motifs is 2. The molecule has 0 unspecified atom stereocenters. The first-order chi connectivity index (χ1) is 17.1. The molecule has 1 amide bonds. The molecule has 0 atom stereocenters. The smallest absolute Gasteiger partial charge is 0.276 e. The Morgan fingerprint density at radius 2 is 1.94 bits per heavy atom. The summed E-state index contributed by atoms with van der Waals surface area (Å²) in [4.78, 5) is 46.2. The summed E-state index contributed by atoms with van der Waals surface area (Å²) in [6.45, 7) is 2.15. The van der Waals surface area contributed by atoms with Crippen LogP contribution in [0, 0.1) is 0 Å². The van der Waals surface area contributed by atoms with Crippen LogP contribution in [0.4, 0.5) is 5.95 Å². The number of anilines is 1. The van der Waals surface area contributed by atoms with Crippen LogP contribution in [-0.4, -0.2) is 42.4 Å². The fourth-order valence-corrected chi connectivity index (χ4v) is 4.87. The summed E-state index contributed by atoms with van der Waals surface area (Å²) >= 11 is 1.70. The molecule has 3 N–H and O–H groups in total. The molecule has 0 saturated carbocycles. The number of H-pyrrole nitrogens is 2. The SMILES string of the molecule is CCCCSc1cc(C(=O)Cc2ncc[nH]2)c2nc(NC(=O)c3cc4ccccc4cn3)[nH]c2c1. The summed E-state index contributed by atoms with van der Waals surface area (Å²) in [6.07, 6.45) is 7.31. The van der Waals surface area contributed by atoms with E-state index < -0.39 is 0 Å². The monoisotopic (exact) mass is 484 g/mol. The number of hydrogen-bond donors (Lipinski definition) is 3. The van der Waals surface area contributed by atoms with Crippen molar-refractivity contribution in [3.8, 4) is 0 Å². The Hall–Kier alpha value is -3.98. The highest BCUT2D eigenvalue weighted by atomic mass is 32.2. The predicted molar refractivity (Wildman–Crippen MR) is 138 cm³/mol. The number of hydrogen-bond acceptors (Lipinski definition) is 6. The molecular formula is C26H24N6O2S. The number of thioether (sulfide) groups is 1. The topological polar surface area (TPSA) is 116 Å². The number of benzene rings is 2. The van der Waals surface area contributed by atoms with Gasteiger partial charge in [0, 0.05) is 34.4 Å². The molecule has 3 heterocycles. The summed E-state index contributed by atoms with van der Waals surface area (Å²) < 4.78 is 0. The molecule has 5 rings (SSSR count). The Morgan fingerprint density at radius 3 is 2.74 bits per heavy atom. The van der Waals surface area contributed by atoms with Gasteiger partial charge >= 0.3 is 0 Å². The van der Waals surface area contributed by atoms with Gasteiger partial charge in [-0.2, -0.15) is 0 Å². The lowest BCUT2D eigenvalue weighted by molar-refractivity contribution is 0.0990. The first-order valence-electron chi connectivity index (χ1n) is 11.4. The molecule has 0 saturated heterocycles. The lowest BCUT2D eigenvalue weighted by atomic mass is 10.1. The van der Waals surface area contributed by atoms with E-state index >= 15 is 0 Å². The molecule has 0 fully saturated rings. The van der Waals surface area contributed by atoms with Crippen LogP contribution in [0.1, 0.15) is 46.4 Å². The molecule has 2 aromatic carbocycles. The van der Waals surface area contributed by atoms with Crippen molar-refractivity contribution in [3.05, 3.63) is 78.1 Å². The highest BCUT2D eigenvalue weighted by Crippen LogP contribution is 2.29. The molecular weight excluding hydrogens is 460 g/mol. The Bertz CT molecular complexity index is 1510. The second-order valence-corrected chi connectivity index (χ2v) is 9.33. The van der Waals surface area contributed by atoms with E-state index in [4.69, 9.17) is 0 Å². The Balaban J connectivity index is 1.45. The fraction of sp³-hybridized carbons (Fsp3) is 0.192. The lowest BCUT2D eigenvalue weighted by Gasteiger charge is -2.06. The van der Waals surface area contributed by atoms with Crippen LogP contribution >= 0.6 is 11.8 Å². The third-order valence-corrected chi connectivity index (χ3v) is 6.67. The zero-order valence-corrected chi connectivity index (χ0v) is 20.0. The quantitative estimate of drug-likeness (QED) is 0.146. The van der Waals surface area contributed by atoms with Crippen LogP contribution in [0.2, 0.25) is 0 Å². The second kappa shape index (κ2) is 10.1. The van der Waals surface area contributed by atoms with Gasteiger partial charge in [0.25, 0.3) is 5.91 Å². The van der Waals surface area contributed by atoms with Gasteiger partial charge in [-0.25, -0.2) is 9.97 Å². The molecule has 0 spiro atoms. The van der Waals surface area contributed by atoms with E-state index in [1.807, 2.05) is 36.4 Å². The molecule has 176 valence electrons. The normalized spacial score (nSPS) is 11.2. The van der Waals surface area contributed by atoms with Gasteiger partial charge in [-0.3, -0.25) is 19.9 Å². The molecule has 3 aromatic heterocycles. The van der Waals surface area contributed by atoms with Crippen LogP contribution in [0.3, 0.4) is 0 Å². The minimum atomic E-state index is -0.379. The third-order valence-electron chi connectivity index (χ3n) is 5.61. The summed E-state index contributed by atoms with van der Waals surface area (Å²) in [5, 5.41) is 4.68. The number of unbranched alkanes of at least 4 members (excludes halogenated alkanes) is 1. The van der Waals surface area contributed by atoms with Crippen LogP contribution in [0.5, 0.6) is 0 Å². The van der Waals surface area contributed by atoms with E-state index in [0.29, 0.717) is 22.4 Å². The number of Topliss-reactive ketones (excluding diaryl/α,β-unsaturated/α-hetero) is 1. The van der Waals surface area contributed by atoms with Crippen LogP contribution < -0.4 is 5.32 Å². The van der Waals surface area contributed by atoms with Crippen LogP contribution in [0.15, 0.2) is 66.0 Å². The van der Waals surface area contributed by atoms with Crippen LogP contribution in [-0.2, 0) is 6.42 Å². The number of carbonyl (C=O) groups excluding carboxylic acids is 2. The number of imidazole rings is 2. The van der Waals surface area contributed by atoms with Gasteiger partial charge in [0.2, 0.25) is 5.95 Å². The first kappa shape index (κ1) is 22.8. The first-order valence-corrected chi connectivity index (χ1v) is 12.4. The number of nitrogens with zero attached hydrogens (tertiary/aromatic N) is 3. The van der Waals surface area contributed by atoms with E-state index in [1.54, 1.807) is 36.4 Å². The van der Waals surface area contributed by atoms with E-state index in [1.165, 1.54) is 0 Å². The highest BCUT2D eigenvalue weighted by Gasteiger charge is 2.19. The van der Waals surface area contributed by atoms with Crippen molar-refractivity contribution in [2.45, 2.75) is 31.1 Å². The molecule has 0 aliphatic heterocycles. The van der Waals surface area contributed by atoms with Crippen molar-refractivity contribution in [1.82, 2.24) is 24.9 Å². The molecule has 0 aliphatic rings. The van der Waals surface area contributed by atoms with E-state index in [0.717, 1.165) is 34.3 Å². The standard InChI is InChI=1S/C26H24N6O2S/c1-2-3-10-35-18-12-19(22(33)14-23-27-8-9-28-23)24-20(13-18)30-26(31-24)32-25(34)21-11-16-6-4-5-7-17(16)15-29-21/h4-9,11-13,15H,2-3,10,14H2,1H3,(H,27,28)(H2,30,31,32,34). The van der Waals surface area contributed by atoms with E-state index in [9.17, 15) is 9.59 Å². The zero-order valence-electron chi connectivity index (χ0n) is 19.2. The fourth-order valence-electron chi connectivity index (χ4n) is 3.80. The van der Waals surface area contributed by atoms with Crippen molar-refractivity contribution < 1.29 is 9.59 Å². The number of nitrogens with one attached hydrogen (secondary N) is 3. The lowest BCUT2D eigenvalue weighted by Crippen LogP contribution is -2.14. The average Bonchev–Trinajstić information content (AvgIpc) is 3.52. The molecule has 35 heavy (non-hydrogen) atoms. The van der Waals surface area contributed by atoms with Crippen molar-refractivity contribution in [2.24, 2.45) is 0 Å². The van der Waals surface area contributed by atoms with Crippen molar-refractivity contribution in [3.63, 3.8) is 0 Å². The van der Waals surface area contributed by atoms with Crippen LogP contribution in [0.25, 0.3) is 21.8 Å². The van der Waals surface area contributed by atoms with E-state index in [-0.39, 0.29) is 29.8 Å². The number of rotatable bonds is 9. The Morgan fingerprint density at radius 1 is 1.09 bits per heavy atom. The van der Waals surface area contributed by atoms with E-state index in [2.05, 4.69) is 37.2 Å². The number of amides is 1. The Kier molecular flexibility index (Phi) is 6.58. The zero-order chi connectivity index (χ0) is 24.2. The maximum atomic E-state index is 13.2. The maximum Gasteiger partial charge on any atom is 0.276 e. The van der Waals surface area contributed by atoms with Gasteiger partial charge in [0.05, 0.1) is 11.9 Å². The van der Waals surface area contributed by atoms with Crippen molar-refractivity contribution in [2.75, 3.05) is 11.1 Å². The Labute approximate surface area is 206 Å². The predicted octanol–water partition coefficient (Wildman–Crippen LogP) is 5.40. The van der Waals surface area contributed by atoms with Gasteiger partial charge in [-0.15, -0.1) is 11.8 Å².